The van der Waals surface area contributed by atoms with Gasteiger partial charge in [-0.15, -0.1) is 0 Å². The van der Waals surface area contributed by atoms with Crippen LogP contribution in [0.2, 0.25) is 0 Å². The summed E-state index contributed by atoms with van der Waals surface area (Å²) in [5, 5.41) is 0. The Morgan fingerprint density at radius 1 is 0.909 bits per heavy atom. The van der Waals surface area contributed by atoms with Crippen LogP contribution in [-0.2, 0) is 0 Å². The number of rotatable bonds is 9. The average Bonchev–Trinajstić information content (AvgIpc) is 2.85. The Kier molecular flexibility index (Phi) is 7.10. The van der Waals surface area contributed by atoms with Crippen LogP contribution in [-0.4, -0.2) is 45.2 Å². The Balaban J connectivity index is 1.58. The van der Waals surface area contributed by atoms with E-state index in [1.54, 1.807) is 56.2 Å². The molecule has 0 saturated carbocycles. The highest BCUT2D eigenvalue weighted by Gasteiger charge is 2.19. The van der Waals surface area contributed by atoms with E-state index in [9.17, 15) is 0 Å². The summed E-state index contributed by atoms with van der Waals surface area (Å²) in [4.78, 5) is 21.0. The Bertz CT molecular complexity index is 1210. The molecule has 0 aliphatic carbocycles. The average molecular weight is 511 g/mol. The molecular weight excluding hydrogens is 492 g/mol. The molecule has 11 heteroatoms. The van der Waals surface area contributed by atoms with Crippen LogP contribution in [0.25, 0.3) is 11.4 Å². The zero-order valence-corrected chi connectivity index (χ0v) is 19.1. The highest BCUT2D eigenvalue weighted by molar-refractivity contribution is 9.10. The van der Waals surface area contributed by atoms with Crippen molar-refractivity contribution in [1.82, 2.24) is 24.9 Å². The van der Waals surface area contributed by atoms with Crippen LogP contribution < -0.4 is 24.7 Å². The summed E-state index contributed by atoms with van der Waals surface area (Å²) in [6.45, 7) is 0.304. The van der Waals surface area contributed by atoms with Gasteiger partial charge in [0.15, 0.2) is 23.1 Å². The fourth-order valence-corrected chi connectivity index (χ4v) is 2.93. The normalized spacial score (nSPS) is 10.5. The summed E-state index contributed by atoms with van der Waals surface area (Å²) in [6.07, 6.45) is 6.46. The van der Waals surface area contributed by atoms with Crippen molar-refractivity contribution >= 4 is 21.7 Å². The quantitative estimate of drug-likeness (QED) is 0.330. The third-order valence-electron chi connectivity index (χ3n) is 4.23. The number of pyridine rings is 1. The molecule has 0 aliphatic rings. The molecule has 3 aromatic heterocycles. The van der Waals surface area contributed by atoms with Gasteiger partial charge in [-0.25, -0.2) is 15.0 Å². The summed E-state index contributed by atoms with van der Waals surface area (Å²) in [7, 11) is 1.55. The molecule has 168 valence electrons. The Hall–Kier alpha value is -3.99. The standard InChI is InChI=1S/C22H19BrN6O4/c1-30-16-4-2-3-5-17(16)33-18-19(24)28-20(14-6-8-25-9-7-14)29-21(18)31-10-11-32-22-26-12-15(23)13-27-22/h2-9,12-13H,10-11H2,1H3,(H2,24,28,29). The van der Waals surface area contributed by atoms with E-state index in [0.29, 0.717) is 17.3 Å². The lowest BCUT2D eigenvalue weighted by Gasteiger charge is -2.16. The monoisotopic (exact) mass is 510 g/mol. The highest BCUT2D eigenvalue weighted by atomic mass is 79.9. The molecule has 4 aromatic rings. The molecule has 2 N–H and O–H groups in total. The molecule has 0 aliphatic heterocycles. The van der Waals surface area contributed by atoms with Crippen molar-refractivity contribution in [2.45, 2.75) is 0 Å². The van der Waals surface area contributed by atoms with E-state index in [0.717, 1.165) is 10.0 Å². The van der Waals surface area contributed by atoms with Gasteiger partial charge in [-0.2, -0.15) is 4.98 Å². The molecule has 3 heterocycles. The number of aromatic nitrogens is 5. The van der Waals surface area contributed by atoms with E-state index in [-0.39, 0.29) is 36.7 Å². The largest absolute Gasteiger partial charge is 0.493 e. The zero-order chi connectivity index (χ0) is 23.0. The fourth-order valence-electron chi connectivity index (χ4n) is 2.73. The summed E-state index contributed by atoms with van der Waals surface area (Å²) >= 11 is 3.28. The minimum absolute atomic E-state index is 0.106. The lowest BCUT2D eigenvalue weighted by atomic mass is 10.2. The highest BCUT2D eigenvalue weighted by Crippen LogP contribution is 2.39. The van der Waals surface area contributed by atoms with Crippen LogP contribution in [0.3, 0.4) is 0 Å². The topological polar surface area (TPSA) is 127 Å². The number of nitrogen functional groups attached to an aromatic ring is 1. The summed E-state index contributed by atoms with van der Waals surface area (Å²) in [5.74, 6) is 1.76. The van der Waals surface area contributed by atoms with Gasteiger partial charge in [0.25, 0.3) is 5.88 Å². The first-order valence-corrected chi connectivity index (χ1v) is 10.6. The Morgan fingerprint density at radius 2 is 1.61 bits per heavy atom. The van der Waals surface area contributed by atoms with Crippen LogP contribution in [0.15, 0.2) is 65.7 Å². The van der Waals surface area contributed by atoms with Gasteiger partial charge in [0, 0.05) is 30.4 Å². The van der Waals surface area contributed by atoms with E-state index >= 15 is 0 Å². The molecule has 0 bridgehead atoms. The summed E-state index contributed by atoms with van der Waals surface area (Å²) < 4.78 is 23.5. The fraction of sp³-hybridized carbons (Fsp3) is 0.136. The number of para-hydroxylation sites is 2. The number of nitrogens with two attached hydrogens (primary N) is 1. The number of methoxy groups -OCH3 is 1. The van der Waals surface area contributed by atoms with E-state index in [4.69, 9.17) is 24.7 Å². The lowest BCUT2D eigenvalue weighted by Crippen LogP contribution is -2.13. The maximum Gasteiger partial charge on any atom is 0.316 e. The predicted molar refractivity (Wildman–Crippen MR) is 123 cm³/mol. The first kappa shape index (κ1) is 22.2. The van der Waals surface area contributed by atoms with Crippen LogP contribution >= 0.6 is 15.9 Å². The number of hydrogen-bond acceptors (Lipinski definition) is 10. The second-order valence-corrected chi connectivity index (χ2v) is 7.35. The van der Waals surface area contributed by atoms with Crippen molar-refractivity contribution in [2.75, 3.05) is 26.1 Å². The Labute approximate surface area is 197 Å². The lowest BCUT2D eigenvalue weighted by molar-refractivity contribution is 0.197. The number of halogens is 1. The summed E-state index contributed by atoms with van der Waals surface area (Å²) in [6, 6.07) is 10.9. The zero-order valence-electron chi connectivity index (χ0n) is 17.5. The van der Waals surface area contributed by atoms with Gasteiger partial charge in [0.05, 0.1) is 11.6 Å². The van der Waals surface area contributed by atoms with Crippen molar-refractivity contribution in [3.8, 4) is 40.5 Å². The number of hydrogen-bond donors (Lipinski definition) is 1. The van der Waals surface area contributed by atoms with Gasteiger partial charge in [-0.1, -0.05) is 12.1 Å². The molecule has 0 amide bonds. The number of nitrogens with zero attached hydrogens (tertiary/aromatic N) is 5. The minimum atomic E-state index is 0.106. The molecule has 0 spiro atoms. The van der Waals surface area contributed by atoms with E-state index in [2.05, 4.69) is 40.8 Å². The van der Waals surface area contributed by atoms with E-state index in [1.807, 2.05) is 12.1 Å². The maximum absolute atomic E-state index is 6.24. The third-order valence-corrected chi connectivity index (χ3v) is 4.64. The number of ether oxygens (including phenoxy) is 4. The van der Waals surface area contributed by atoms with E-state index < -0.39 is 0 Å². The van der Waals surface area contributed by atoms with Crippen LogP contribution in [0.1, 0.15) is 0 Å². The molecule has 0 saturated heterocycles. The molecule has 1 aromatic carbocycles. The van der Waals surface area contributed by atoms with E-state index in [1.165, 1.54) is 0 Å². The smallest absolute Gasteiger partial charge is 0.316 e. The van der Waals surface area contributed by atoms with Crippen molar-refractivity contribution in [2.24, 2.45) is 0 Å². The second-order valence-electron chi connectivity index (χ2n) is 6.44. The number of anilines is 1. The Morgan fingerprint density at radius 3 is 2.33 bits per heavy atom. The predicted octanol–water partition coefficient (Wildman–Crippen LogP) is 3.93. The molecule has 0 unspecified atom stereocenters. The van der Waals surface area contributed by atoms with Crippen molar-refractivity contribution in [3.63, 3.8) is 0 Å². The van der Waals surface area contributed by atoms with Crippen LogP contribution in [0, 0.1) is 0 Å². The maximum atomic E-state index is 6.24. The van der Waals surface area contributed by atoms with Gasteiger partial charge < -0.3 is 24.7 Å². The number of benzene rings is 1. The molecule has 0 radical (unpaired) electrons. The van der Waals surface area contributed by atoms with Crippen molar-refractivity contribution in [1.29, 1.82) is 0 Å². The third kappa shape index (κ3) is 5.63. The second kappa shape index (κ2) is 10.6. The van der Waals surface area contributed by atoms with Gasteiger partial charge in [-0.05, 0) is 40.2 Å². The van der Waals surface area contributed by atoms with Crippen LogP contribution in [0.4, 0.5) is 5.82 Å². The molecule has 33 heavy (non-hydrogen) atoms. The minimum Gasteiger partial charge on any atom is -0.493 e. The summed E-state index contributed by atoms with van der Waals surface area (Å²) in [5.41, 5.74) is 6.97. The first-order valence-electron chi connectivity index (χ1n) is 9.76. The molecule has 0 fully saturated rings. The SMILES string of the molecule is COc1ccccc1Oc1c(N)nc(-c2ccncc2)nc1OCCOc1ncc(Br)cn1. The molecule has 0 atom stereocenters. The molecule has 10 nitrogen and oxygen atoms in total. The van der Waals surface area contributed by atoms with Crippen molar-refractivity contribution in [3.05, 3.63) is 65.7 Å². The van der Waals surface area contributed by atoms with Gasteiger partial charge in [-0.3, -0.25) is 4.98 Å². The van der Waals surface area contributed by atoms with Crippen LogP contribution in [0.5, 0.6) is 29.1 Å². The van der Waals surface area contributed by atoms with Gasteiger partial charge >= 0.3 is 6.01 Å². The van der Waals surface area contributed by atoms with Gasteiger partial charge in [0.1, 0.15) is 13.2 Å². The molecular formula is C22H19BrN6O4. The molecule has 4 rings (SSSR count). The van der Waals surface area contributed by atoms with Crippen molar-refractivity contribution < 1.29 is 18.9 Å². The first-order chi connectivity index (χ1) is 16.1. The van der Waals surface area contributed by atoms with Gasteiger partial charge in [0.2, 0.25) is 5.75 Å².